The highest BCUT2D eigenvalue weighted by molar-refractivity contribution is 5.95. The van der Waals surface area contributed by atoms with Crippen LogP contribution in [-0.2, 0) is 6.54 Å². The van der Waals surface area contributed by atoms with Crippen LogP contribution in [0.25, 0.3) is 0 Å². The maximum absolute atomic E-state index is 13.1. The van der Waals surface area contributed by atoms with Crippen LogP contribution in [0.4, 0.5) is 0 Å². The normalized spacial score (nSPS) is 17.4. The fourth-order valence-corrected chi connectivity index (χ4v) is 4.02. The second kappa shape index (κ2) is 11.0. The summed E-state index contributed by atoms with van der Waals surface area (Å²) in [6.07, 6.45) is 3.53. The number of carbonyl (C=O) groups excluding carboxylic acids is 1. The second-order valence-corrected chi connectivity index (χ2v) is 8.77. The molecule has 0 radical (unpaired) electrons. The van der Waals surface area contributed by atoms with E-state index in [1.807, 2.05) is 24.3 Å². The molecule has 1 saturated carbocycles. The van der Waals surface area contributed by atoms with Gasteiger partial charge >= 0.3 is 0 Å². The summed E-state index contributed by atoms with van der Waals surface area (Å²) in [7, 11) is 0. The number of amides is 1. The van der Waals surface area contributed by atoms with Crippen molar-refractivity contribution in [1.82, 2.24) is 5.32 Å². The van der Waals surface area contributed by atoms with Gasteiger partial charge in [0.1, 0.15) is 28.8 Å². The van der Waals surface area contributed by atoms with Crippen molar-refractivity contribution in [3.05, 3.63) is 83.4 Å². The molecule has 0 bridgehead atoms. The minimum atomic E-state index is -0.189. The van der Waals surface area contributed by atoms with Crippen molar-refractivity contribution in [3.63, 3.8) is 0 Å². The van der Waals surface area contributed by atoms with Gasteiger partial charge in [-0.25, -0.2) is 0 Å². The van der Waals surface area contributed by atoms with Gasteiger partial charge in [0.2, 0.25) is 0 Å². The van der Waals surface area contributed by atoms with Crippen LogP contribution in [0.2, 0.25) is 0 Å². The van der Waals surface area contributed by atoms with Gasteiger partial charge in [-0.1, -0.05) is 12.1 Å². The summed E-state index contributed by atoms with van der Waals surface area (Å²) in [5.74, 6) is 1.89. The molecule has 8 nitrogen and oxygen atoms in total. The maximum atomic E-state index is 13.1. The van der Waals surface area contributed by atoms with Crippen molar-refractivity contribution in [3.8, 4) is 23.0 Å². The number of amidine groups is 1. The predicted octanol–water partition coefficient (Wildman–Crippen LogP) is 4.01. The average Bonchev–Trinajstić information content (AvgIpc) is 2.86. The molecule has 1 amide bonds. The number of hydrogen-bond donors (Lipinski definition) is 5. The molecule has 35 heavy (non-hydrogen) atoms. The fourth-order valence-electron chi connectivity index (χ4n) is 4.02. The minimum absolute atomic E-state index is 0.0183. The molecule has 0 unspecified atom stereocenters. The first-order valence-corrected chi connectivity index (χ1v) is 11.7. The highest BCUT2D eigenvalue weighted by atomic mass is 16.5. The number of rotatable bonds is 8. The summed E-state index contributed by atoms with van der Waals surface area (Å²) in [6, 6.07) is 19.7. The Labute approximate surface area is 204 Å². The lowest BCUT2D eigenvalue weighted by Gasteiger charge is -2.26. The summed E-state index contributed by atoms with van der Waals surface area (Å²) in [6.45, 7) is 0.447. The molecule has 0 spiro atoms. The molecule has 0 atom stereocenters. The van der Waals surface area contributed by atoms with Crippen molar-refractivity contribution in [2.45, 2.75) is 44.3 Å². The quantitative estimate of drug-likeness (QED) is 0.246. The van der Waals surface area contributed by atoms with Crippen molar-refractivity contribution < 1.29 is 14.3 Å². The van der Waals surface area contributed by atoms with Crippen molar-refractivity contribution in [2.24, 2.45) is 17.2 Å². The smallest absolute Gasteiger partial charge is 0.251 e. The Hall–Kier alpha value is -3.88. The van der Waals surface area contributed by atoms with E-state index >= 15 is 0 Å². The van der Waals surface area contributed by atoms with Gasteiger partial charge in [-0.3, -0.25) is 10.2 Å². The average molecular weight is 474 g/mol. The summed E-state index contributed by atoms with van der Waals surface area (Å²) >= 11 is 0. The molecule has 0 aromatic heterocycles. The Morgan fingerprint density at radius 1 is 0.829 bits per heavy atom. The van der Waals surface area contributed by atoms with Gasteiger partial charge in [-0.2, -0.15) is 0 Å². The van der Waals surface area contributed by atoms with Gasteiger partial charge in [-0.05, 0) is 79.8 Å². The molecule has 4 rings (SSSR count). The highest BCUT2D eigenvalue weighted by Gasteiger charge is 2.21. The zero-order valence-electron chi connectivity index (χ0n) is 19.5. The lowest BCUT2D eigenvalue weighted by molar-refractivity contribution is 0.0925. The molecule has 8 heteroatoms. The van der Waals surface area contributed by atoms with Crippen LogP contribution in [0.15, 0.2) is 66.7 Å². The van der Waals surface area contributed by atoms with Gasteiger partial charge in [-0.15, -0.1) is 0 Å². The number of nitrogens with two attached hydrogens (primary N) is 3. The molecule has 0 saturated heterocycles. The van der Waals surface area contributed by atoms with E-state index in [2.05, 4.69) is 5.32 Å². The minimum Gasteiger partial charge on any atom is -0.457 e. The number of ether oxygens (including phenoxy) is 2. The van der Waals surface area contributed by atoms with Gasteiger partial charge in [0, 0.05) is 35.8 Å². The van der Waals surface area contributed by atoms with E-state index in [4.69, 9.17) is 32.1 Å². The van der Waals surface area contributed by atoms with Gasteiger partial charge in [0.05, 0.1) is 0 Å². The molecule has 1 aliphatic carbocycles. The Bertz CT molecular complexity index is 1170. The van der Waals surface area contributed by atoms with Crippen LogP contribution in [0.1, 0.15) is 47.2 Å². The van der Waals surface area contributed by atoms with E-state index in [1.54, 1.807) is 42.5 Å². The third-order valence-corrected chi connectivity index (χ3v) is 6.05. The Balaban J connectivity index is 1.57. The van der Waals surface area contributed by atoms with Crippen LogP contribution in [0.3, 0.4) is 0 Å². The van der Waals surface area contributed by atoms with E-state index in [9.17, 15) is 4.79 Å². The Morgan fingerprint density at radius 3 is 1.89 bits per heavy atom. The molecule has 1 fully saturated rings. The standard InChI is InChI=1S/C27H31N5O3/c28-16-17-1-9-22(10-2-17)34-24-13-19(27(33)32-21-7-5-20(29)6-8-21)14-25(15-24)35-23-11-3-18(4-12-23)26(30)31/h1-4,9-15,20-21H,5-8,16,28-29H2,(H3,30,31)(H,32,33). The lowest BCUT2D eigenvalue weighted by atomic mass is 9.91. The van der Waals surface area contributed by atoms with Crippen LogP contribution < -0.4 is 32.0 Å². The van der Waals surface area contributed by atoms with E-state index < -0.39 is 0 Å². The third kappa shape index (κ3) is 6.59. The van der Waals surface area contributed by atoms with E-state index in [-0.39, 0.29) is 23.8 Å². The van der Waals surface area contributed by atoms with Crippen LogP contribution in [-0.4, -0.2) is 23.8 Å². The first-order valence-electron chi connectivity index (χ1n) is 11.7. The van der Waals surface area contributed by atoms with Gasteiger partial charge in [0.15, 0.2) is 0 Å². The molecule has 182 valence electrons. The molecule has 3 aromatic carbocycles. The van der Waals surface area contributed by atoms with Gasteiger partial charge < -0.3 is 32.0 Å². The summed E-state index contributed by atoms with van der Waals surface area (Å²) < 4.78 is 12.1. The maximum Gasteiger partial charge on any atom is 0.251 e. The van der Waals surface area contributed by atoms with Crippen LogP contribution in [0.5, 0.6) is 23.0 Å². The zero-order chi connectivity index (χ0) is 24.8. The predicted molar refractivity (Wildman–Crippen MR) is 136 cm³/mol. The van der Waals surface area contributed by atoms with Gasteiger partial charge in [0.25, 0.3) is 5.91 Å². The Kier molecular flexibility index (Phi) is 7.64. The zero-order valence-corrected chi connectivity index (χ0v) is 19.5. The molecular weight excluding hydrogens is 442 g/mol. The third-order valence-electron chi connectivity index (χ3n) is 6.05. The topological polar surface area (TPSA) is 149 Å². The number of hydrogen-bond acceptors (Lipinski definition) is 6. The summed E-state index contributed by atoms with van der Waals surface area (Å²) in [5, 5.41) is 10.7. The molecule has 1 aliphatic rings. The van der Waals surface area contributed by atoms with E-state index in [1.165, 1.54) is 0 Å². The monoisotopic (exact) mass is 473 g/mol. The molecular formula is C27H31N5O3. The highest BCUT2D eigenvalue weighted by Crippen LogP contribution is 2.31. The van der Waals surface area contributed by atoms with E-state index in [0.29, 0.717) is 40.7 Å². The SMILES string of the molecule is N=C(N)c1ccc(Oc2cc(Oc3ccc(CN)cc3)cc(C(=O)NC3CCC(N)CC3)c2)cc1. The number of nitrogens with one attached hydrogen (secondary N) is 2. The van der Waals surface area contributed by atoms with Crippen LogP contribution >= 0.6 is 0 Å². The van der Waals surface area contributed by atoms with Crippen molar-refractivity contribution in [1.29, 1.82) is 5.41 Å². The molecule has 0 aliphatic heterocycles. The molecule has 0 heterocycles. The molecule has 8 N–H and O–H groups in total. The largest absolute Gasteiger partial charge is 0.457 e. The Morgan fingerprint density at radius 2 is 1.37 bits per heavy atom. The second-order valence-electron chi connectivity index (χ2n) is 8.77. The van der Waals surface area contributed by atoms with Crippen LogP contribution in [0, 0.1) is 5.41 Å². The summed E-state index contributed by atoms with van der Waals surface area (Å²) in [4.78, 5) is 13.1. The lowest BCUT2D eigenvalue weighted by Crippen LogP contribution is -2.40. The number of benzene rings is 3. The summed E-state index contributed by atoms with van der Waals surface area (Å²) in [5.41, 5.74) is 19.2. The van der Waals surface area contributed by atoms with E-state index in [0.717, 1.165) is 31.2 Å². The fraction of sp³-hybridized carbons (Fsp3) is 0.259. The molecule has 3 aromatic rings. The number of carbonyl (C=O) groups is 1. The first-order chi connectivity index (χ1) is 16.9. The first kappa shape index (κ1) is 24.3. The van der Waals surface area contributed by atoms with Crippen molar-refractivity contribution in [2.75, 3.05) is 0 Å². The number of nitrogen functional groups attached to an aromatic ring is 1. The van der Waals surface area contributed by atoms with Crippen molar-refractivity contribution >= 4 is 11.7 Å².